The maximum absolute atomic E-state index is 9.84. The molecular weight excluding hydrogens is 242 g/mol. The number of aliphatic hydroxyl groups excluding tert-OH is 1. The Balaban J connectivity index is 2.10. The first-order valence-corrected chi connectivity index (χ1v) is 7.08. The number of aliphatic hydroxyl groups is 1. The minimum absolute atomic E-state index is 0.146. The standard InChI is InChI=1S/C15H23NO3/c1-3-18-14-9-8-11(10-15(14)19-4-2)16-12-6-5-7-13(12)17/h8-10,12-13,16-17H,3-7H2,1-2H3. The Bertz CT molecular complexity index is 408. The van der Waals surface area contributed by atoms with E-state index in [-0.39, 0.29) is 12.1 Å². The molecule has 1 saturated carbocycles. The summed E-state index contributed by atoms with van der Waals surface area (Å²) >= 11 is 0. The van der Waals surface area contributed by atoms with Crippen molar-refractivity contribution in [3.8, 4) is 11.5 Å². The van der Waals surface area contributed by atoms with Gasteiger partial charge in [0.2, 0.25) is 0 Å². The summed E-state index contributed by atoms with van der Waals surface area (Å²) < 4.78 is 11.1. The molecule has 106 valence electrons. The Morgan fingerprint density at radius 3 is 2.53 bits per heavy atom. The van der Waals surface area contributed by atoms with Gasteiger partial charge in [-0.3, -0.25) is 0 Å². The number of ether oxygens (including phenoxy) is 2. The summed E-state index contributed by atoms with van der Waals surface area (Å²) in [6, 6.07) is 5.98. The number of anilines is 1. The molecule has 19 heavy (non-hydrogen) atoms. The van der Waals surface area contributed by atoms with Gasteiger partial charge in [0.1, 0.15) is 0 Å². The molecule has 0 heterocycles. The van der Waals surface area contributed by atoms with Crippen molar-refractivity contribution < 1.29 is 14.6 Å². The van der Waals surface area contributed by atoms with Gasteiger partial charge in [-0.2, -0.15) is 0 Å². The summed E-state index contributed by atoms with van der Waals surface area (Å²) in [6.07, 6.45) is 2.72. The molecule has 1 aliphatic rings. The first-order chi connectivity index (χ1) is 9.24. The molecule has 0 spiro atoms. The van der Waals surface area contributed by atoms with Gasteiger partial charge in [-0.1, -0.05) is 0 Å². The molecule has 1 aromatic rings. The molecule has 0 radical (unpaired) electrons. The second kappa shape index (κ2) is 6.66. The maximum atomic E-state index is 9.84. The van der Waals surface area contributed by atoms with Crippen molar-refractivity contribution in [3.63, 3.8) is 0 Å². The second-order valence-electron chi connectivity index (χ2n) is 4.78. The first kappa shape index (κ1) is 14.0. The normalized spacial score (nSPS) is 22.3. The number of hydrogen-bond donors (Lipinski definition) is 2. The summed E-state index contributed by atoms with van der Waals surface area (Å²) in [5.41, 5.74) is 0.970. The van der Waals surface area contributed by atoms with Gasteiger partial charge in [0.15, 0.2) is 11.5 Å². The lowest BCUT2D eigenvalue weighted by Crippen LogP contribution is -2.27. The van der Waals surface area contributed by atoms with E-state index in [4.69, 9.17) is 9.47 Å². The van der Waals surface area contributed by atoms with E-state index in [2.05, 4.69) is 5.32 Å². The molecule has 2 atom stereocenters. The number of benzene rings is 1. The lowest BCUT2D eigenvalue weighted by Gasteiger charge is -2.19. The fourth-order valence-electron chi connectivity index (χ4n) is 2.46. The molecule has 0 aliphatic heterocycles. The van der Waals surface area contributed by atoms with E-state index < -0.39 is 0 Å². The Kier molecular flexibility index (Phi) is 4.91. The van der Waals surface area contributed by atoms with Crippen LogP contribution in [0.1, 0.15) is 33.1 Å². The van der Waals surface area contributed by atoms with Crippen molar-refractivity contribution in [3.05, 3.63) is 18.2 Å². The lowest BCUT2D eigenvalue weighted by atomic mass is 10.2. The van der Waals surface area contributed by atoms with Crippen molar-refractivity contribution in [2.75, 3.05) is 18.5 Å². The largest absolute Gasteiger partial charge is 0.490 e. The lowest BCUT2D eigenvalue weighted by molar-refractivity contribution is 0.172. The predicted molar refractivity (Wildman–Crippen MR) is 76.0 cm³/mol. The topological polar surface area (TPSA) is 50.7 Å². The zero-order chi connectivity index (χ0) is 13.7. The molecule has 2 rings (SSSR count). The summed E-state index contributed by atoms with van der Waals surface area (Å²) in [5, 5.41) is 13.2. The highest BCUT2D eigenvalue weighted by Crippen LogP contribution is 2.32. The van der Waals surface area contributed by atoms with Crippen molar-refractivity contribution in [2.45, 2.75) is 45.3 Å². The molecule has 0 aromatic heterocycles. The number of hydrogen-bond acceptors (Lipinski definition) is 4. The van der Waals surface area contributed by atoms with Crippen LogP contribution >= 0.6 is 0 Å². The van der Waals surface area contributed by atoms with Crippen LogP contribution in [0.25, 0.3) is 0 Å². The predicted octanol–water partition coefficient (Wildman–Crippen LogP) is 2.81. The van der Waals surface area contributed by atoms with Crippen LogP contribution in [-0.2, 0) is 0 Å². The van der Waals surface area contributed by atoms with Crippen LogP contribution in [0.15, 0.2) is 18.2 Å². The van der Waals surface area contributed by atoms with Gasteiger partial charge in [0, 0.05) is 11.8 Å². The van der Waals surface area contributed by atoms with Crippen LogP contribution in [0, 0.1) is 0 Å². The van der Waals surface area contributed by atoms with Crippen molar-refractivity contribution >= 4 is 5.69 Å². The molecule has 4 nitrogen and oxygen atoms in total. The Labute approximate surface area is 114 Å². The smallest absolute Gasteiger partial charge is 0.163 e. The Morgan fingerprint density at radius 2 is 1.89 bits per heavy atom. The summed E-state index contributed by atoms with van der Waals surface area (Å²) in [4.78, 5) is 0. The monoisotopic (exact) mass is 265 g/mol. The van der Waals surface area contributed by atoms with Gasteiger partial charge in [0.25, 0.3) is 0 Å². The summed E-state index contributed by atoms with van der Waals surface area (Å²) in [5.74, 6) is 1.52. The molecule has 1 aromatic carbocycles. The van der Waals surface area contributed by atoms with E-state index in [9.17, 15) is 5.11 Å². The Morgan fingerprint density at radius 1 is 1.16 bits per heavy atom. The zero-order valence-electron chi connectivity index (χ0n) is 11.7. The highest BCUT2D eigenvalue weighted by molar-refractivity contribution is 5.55. The van der Waals surface area contributed by atoms with Crippen LogP contribution in [0.3, 0.4) is 0 Å². The number of rotatable bonds is 6. The number of nitrogens with one attached hydrogen (secondary N) is 1. The van der Waals surface area contributed by atoms with E-state index in [0.29, 0.717) is 13.2 Å². The second-order valence-corrected chi connectivity index (χ2v) is 4.78. The highest BCUT2D eigenvalue weighted by atomic mass is 16.5. The van der Waals surface area contributed by atoms with E-state index in [1.54, 1.807) is 0 Å². The van der Waals surface area contributed by atoms with Crippen LogP contribution in [0.5, 0.6) is 11.5 Å². The third-order valence-electron chi connectivity index (χ3n) is 3.37. The summed E-state index contributed by atoms with van der Waals surface area (Å²) in [7, 11) is 0. The highest BCUT2D eigenvalue weighted by Gasteiger charge is 2.25. The fraction of sp³-hybridized carbons (Fsp3) is 0.600. The van der Waals surface area contributed by atoms with E-state index in [1.165, 1.54) is 0 Å². The van der Waals surface area contributed by atoms with E-state index in [1.807, 2.05) is 32.0 Å². The molecule has 0 amide bonds. The van der Waals surface area contributed by atoms with E-state index >= 15 is 0 Å². The minimum atomic E-state index is -0.248. The van der Waals surface area contributed by atoms with Gasteiger partial charge in [-0.25, -0.2) is 0 Å². The third kappa shape index (κ3) is 3.53. The molecule has 0 bridgehead atoms. The fourth-order valence-corrected chi connectivity index (χ4v) is 2.46. The third-order valence-corrected chi connectivity index (χ3v) is 3.37. The molecular formula is C15H23NO3. The summed E-state index contributed by atoms with van der Waals surface area (Å²) in [6.45, 7) is 5.14. The molecule has 2 unspecified atom stereocenters. The van der Waals surface area contributed by atoms with Crippen molar-refractivity contribution in [2.24, 2.45) is 0 Å². The van der Waals surface area contributed by atoms with Crippen molar-refractivity contribution in [1.29, 1.82) is 0 Å². The SMILES string of the molecule is CCOc1ccc(NC2CCCC2O)cc1OCC. The van der Waals surface area contributed by atoms with Crippen LogP contribution in [0.4, 0.5) is 5.69 Å². The molecule has 0 saturated heterocycles. The molecule has 1 fully saturated rings. The van der Waals surface area contributed by atoms with E-state index in [0.717, 1.165) is 36.4 Å². The first-order valence-electron chi connectivity index (χ1n) is 7.08. The quantitative estimate of drug-likeness (QED) is 0.830. The maximum Gasteiger partial charge on any atom is 0.163 e. The van der Waals surface area contributed by atoms with Gasteiger partial charge in [-0.05, 0) is 45.2 Å². The van der Waals surface area contributed by atoms with Gasteiger partial charge in [-0.15, -0.1) is 0 Å². The molecule has 2 N–H and O–H groups in total. The van der Waals surface area contributed by atoms with Crippen LogP contribution in [0.2, 0.25) is 0 Å². The van der Waals surface area contributed by atoms with Crippen LogP contribution < -0.4 is 14.8 Å². The van der Waals surface area contributed by atoms with Crippen molar-refractivity contribution in [1.82, 2.24) is 0 Å². The minimum Gasteiger partial charge on any atom is -0.490 e. The average molecular weight is 265 g/mol. The van der Waals surface area contributed by atoms with Gasteiger partial charge >= 0.3 is 0 Å². The molecule has 1 aliphatic carbocycles. The van der Waals surface area contributed by atoms with Gasteiger partial charge in [0.05, 0.1) is 25.4 Å². The Hall–Kier alpha value is -1.42. The van der Waals surface area contributed by atoms with Crippen LogP contribution in [-0.4, -0.2) is 30.5 Å². The molecule has 4 heteroatoms. The van der Waals surface area contributed by atoms with Gasteiger partial charge < -0.3 is 19.9 Å². The zero-order valence-corrected chi connectivity index (χ0v) is 11.7. The average Bonchev–Trinajstić information content (AvgIpc) is 2.79.